The van der Waals surface area contributed by atoms with E-state index in [4.69, 9.17) is 0 Å². The van der Waals surface area contributed by atoms with Gasteiger partial charge in [0.1, 0.15) is 6.29 Å². The Labute approximate surface area is 187 Å². The van der Waals surface area contributed by atoms with Crippen LogP contribution in [0.25, 0.3) is 0 Å². The predicted octanol–water partition coefficient (Wildman–Crippen LogP) is 6.58. The molecular formula is C28H40O3. The van der Waals surface area contributed by atoms with E-state index in [1.165, 1.54) is 69.6 Å². The Bertz CT molecular complexity index is 803. The summed E-state index contributed by atoms with van der Waals surface area (Å²) in [5, 5.41) is 9.49. The Kier molecular flexibility index (Phi) is 5.46. The number of aldehydes is 1. The summed E-state index contributed by atoms with van der Waals surface area (Å²) in [6.45, 7) is 4.95. The summed E-state index contributed by atoms with van der Waals surface area (Å²) in [6.07, 6.45) is 20.0. The van der Waals surface area contributed by atoms with E-state index >= 15 is 0 Å². The van der Waals surface area contributed by atoms with Crippen LogP contribution in [0.2, 0.25) is 0 Å². The molecule has 0 radical (unpaired) electrons. The van der Waals surface area contributed by atoms with Crippen LogP contribution in [0.15, 0.2) is 23.3 Å². The fourth-order valence-electron chi connectivity index (χ4n) is 9.22. The first-order valence-corrected chi connectivity index (χ1v) is 13.0. The van der Waals surface area contributed by atoms with Crippen LogP contribution in [0.4, 0.5) is 0 Å². The molecule has 0 aromatic rings. The summed E-state index contributed by atoms with van der Waals surface area (Å²) in [4.78, 5) is 23.9. The summed E-state index contributed by atoms with van der Waals surface area (Å²) < 4.78 is 0. The van der Waals surface area contributed by atoms with Gasteiger partial charge in [-0.05, 0) is 110 Å². The standard InChI is InChI=1S/C28H40O3/c1-27-14-12-19(26(30)31)16-20(27)8-9-21-23-10-11-24(28(23,2)15-13-25(21)27)22(17-29)18-6-4-3-5-7-18/h8,16-18,21-25H,3-7,9-15H2,1-2H3,(H,30,31)/t21-,22?,23-,24?,25-,27-,28-/m0/s1. The van der Waals surface area contributed by atoms with Crippen LogP contribution in [0.3, 0.4) is 0 Å². The number of fused-ring (bicyclic) bond motifs is 5. The highest BCUT2D eigenvalue weighted by molar-refractivity contribution is 5.87. The molecule has 2 unspecified atom stereocenters. The Balaban J connectivity index is 1.41. The molecule has 3 saturated carbocycles. The molecule has 0 amide bonds. The van der Waals surface area contributed by atoms with E-state index in [9.17, 15) is 14.7 Å². The lowest BCUT2D eigenvalue weighted by Crippen LogP contribution is -2.50. The minimum atomic E-state index is -0.748. The first kappa shape index (κ1) is 21.5. The third-order valence-electron chi connectivity index (χ3n) is 10.9. The van der Waals surface area contributed by atoms with Crippen molar-refractivity contribution in [2.24, 2.45) is 46.3 Å². The molecule has 3 nitrogen and oxygen atoms in total. The summed E-state index contributed by atoms with van der Waals surface area (Å²) in [6, 6.07) is 0. The highest BCUT2D eigenvalue weighted by atomic mass is 16.4. The summed E-state index contributed by atoms with van der Waals surface area (Å²) >= 11 is 0. The largest absolute Gasteiger partial charge is 0.478 e. The van der Waals surface area contributed by atoms with Crippen molar-refractivity contribution in [1.29, 1.82) is 0 Å². The van der Waals surface area contributed by atoms with E-state index in [2.05, 4.69) is 19.9 Å². The van der Waals surface area contributed by atoms with E-state index in [1.54, 1.807) is 0 Å². The van der Waals surface area contributed by atoms with Crippen LogP contribution < -0.4 is 0 Å². The maximum Gasteiger partial charge on any atom is 0.331 e. The van der Waals surface area contributed by atoms with Gasteiger partial charge in [0.15, 0.2) is 0 Å². The average Bonchev–Trinajstić information content (AvgIpc) is 3.11. The fourth-order valence-corrected chi connectivity index (χ4v) is 9.22. The van der Waals surface area contributed by atoms with Gasteiger partial charge < -0.3 is 9.90 Å². The zero-order valence-electron chi connectivity index (χ0n) is 19.4. The highest BCUT2D eigenvalue weighted by Crippen LogP contribution is 2.67. The Morgan fingerprint density at radius 1 is 1.06 bits per heavy atom. The zero-order chi connectivity index (χ0) is 21.8. The molecule has 0 bridgehead atoms. The highest BCUT2D eigenvalue weighted by Gasteiger charge is 2.59. The van der Waals surface area contributed by atoms with Crippen LogP contribution in [-0.4, -0.2) is 17.4 Å². The van der Waals surface area contributed by atoms with Gasteiger partial charge in [0.05, 0.1) is 0 Å². The van der Waals surface area contributed by atoms with E-state index in [0.29, 0.717) is 41.1 Å². The topological polar surface area (TPSA) is 54.4 Å². The lowest BCUT2D eigenvalue weighted by molar-refractivity contribution is -0.133. The van der Waals surface area contributed by atoms with Gasteiger partial charge in [-0.1, -0.05) is 39.2 Å². The van der Waals surface area contributed by atoms with Crippen molar-refractivity contribution < 1.29 is 14.7 Å². The third kappa shape index (κ3) is 3.28. The molecular weight excluding hydrogens is 384 g/mol. The molecule has 0 spiro atoms. The average molecular weight is 425 g/mol. The second kappa shape index (κ2) is 7.89. The van der Waals surface area contributed by atoms with Crippen molar-refractivity contribution in [3.05, 3.63) is 23.3 Å². The molecule has 0 aromatic carbocycles. The van der Waals surface area contributed by atoms with Crippen molar-refractivity contribution in [2.75, 3.05) is 0 Å². The maximum absolute atomic E-state index is 12.4. The van der Waals surface area contributed by atoms with Crippen molar-refractivity contribution in [1.82, 2.24) is 0 Å². The number of rotatable bonds is 4. The lowest BCUT2D eigenvalue weighted by Gasteiger charge is -2.57. The molecule has 0 aromatic heterocycles. The molecule has 0 heterocycles. The summed E-state index contributed by atoms with van der Waals surface area (Å²) in [5.74, 6) is 2.81. The van der Waals surface area contributed by atoms with Crippen LogP contribution in [0.1, 0.15) is 90.9 Å². The number of hydrogen-bond acceptors (Lipinski definition) is 2. The number of carbonyl (C=O) groups is 2. The number of allylic oxidation sites excluding steroid dienone is 3. The maximum atomic E-state index is 12.4. The van der Waals surface area contributed by atoms with Gasteiger partial charge in [-0.15, -0.1) is 0 Å². The molecule has 3 heteroatoms. The SMILES string of the molecule is C[C@]12CCC(C(=O)O)=CC1=CC[C@@H]1[C@@H]2CC[C@]2(C)C(C(C=O)C3CCCCC3)CC[C@@H]12. The Morgan fingerprint density at radius 3 is 2.55 bits per heavy atom. The van der Waals surface area contributed by atoms with Crippen LogP contribution >= 0.6 is 0 Å². The second-order valence-corrected chi connectivity index (χ2v) is 12.0. The molecule has 31 heavy (non-hydrogen) atoms. The van der Waals surface area contributed by atoms with Gasteiger partial charge in [-0.25, -0.2) is 4.79 Å². The Morgan fingerprint density at radius 2 is 1.84 bits per heavy atom. The van der Waals surface area contributed by atoms with Crippen LogP contribution in [0, 0.1) is 46.3 Å². The predicted molar refractivity (Wildman–Crippen MR) is 122 cm³/mol. The number of hydrogen-bond donors (Lipinski definition) is 1. The van der Waals surface area contributed by atoms with E-state index in [-0.39, 0.29) is 11.3 Å². The van der Waals surface area contributed by atoms with Crippen molar-refractivity contribution in [3.63, 3.8) is 0 Å². The fraction of sp³-hybridized carbons (Fsp3) is 0.786. The molecule has 5 aliphatic rings. The van der Waals surface area contributed by atoms with Gasteiger partial charge in [0.25, 0.3) is 0 Å². The number of carboxylic acid groups (broad SMARTS) is 1. The molecule has 170 valence electrons. The van der Waals surface area contributed by atoms with Crippen molar-refractivity contribution >= 4 is 12.3 Å². The van der Waals surface area contributed by atoms with Gasteiger partial charge in [0.2, 0.25) is 0 Å². The van der Waals surface area contributed by atoms with Gasteiger partial charge in [-0.3, -0.25) is 0 Å². The molecule has 3 fully saturated rings. The van der Waals surface area contributed by atoms with Crippen molar-refractivity contribution in [2.45, 2.75) is 90.9 Å². The third-order valence-corrected chi connectivity index (χ3v) is 10.9. The van der Waals surface area contributed by atoms with E-state index in [0.717, 1.165) is 18.8 Å². The Hall–Kier alpha value is -1.38. The molecule has 5 aliphatic carbocycles. The molecule has 1 N–H and O–H groups in total. The first-order valence-electron chi connectivity index (χ1n) is 13.0. The van der Waals surface area contributed by atoms with Gasteiger partial charge >= 0.3 is 5.97 Å². The quantitative estimate of drug-likeness (QED) is 0.518. The minimum Gasteiger partial charge on any atom is -0.478 e. The molecule has 0 aliphatic heterocycles. The van der Waals surface area contributed by atoms with E-state index in [1.807, 2.05) is 6.08 Å². The summed E-state index contributed by atoms with van der Waals surface area (Å²) in [5.41, 5.74) is 2.32. The zero-order valence-corrected chi connectivity index (χ0v) is 19.4. The number of aliphatic carboxylic acids is 1. The van der Waals surface area contributed by atoms with Crippen LogP contribution in [0.5, 0.6) is 0 Å². The smallest absolute Gasteiger partial charge is 0.331 e. The van der Waals surface area contributed by atoms with Gasteiger partial charge in [-0.2, -0.15) is 0 Å². The molecule has 5 rings (SSSR count). The first-order chi connectivity index (χ1) is 14.9. The van der Waals surface area contributed by atoms with Gasteiger partial charge in [0, 0.05) is 11.5 Å². The minimum absolute atomic E-state index is 0.134. The lowest BCUT2D eigenvalue weighted by atomic mass is 9.47. The van der Waals surface area contributed by atoms with Crippen molar-refractivity contribution in [3.8, 4) is 0 Å². The number of carboxylic acids is 1. The molecule has 0 saturated heterocycles. The monoisotopic (exact) mass is 424 g/mol. The second-order valence-electron chi connectivity index (χ2n) is 12.0. The van der Waals surface area contributed by atoms with Crippen LogP contribution in [-0.2, 0) is 9.59 Å². The van der Waals surface area contributed by atoms with E-state index < -0.39 is 5.97 Å². The molecule has 7 atom stereocenters. The number of carbonyl (C=O) groups excluding carboxylic acids is 1. The summed E-state index contributed by atoms with van der Waals surface area (Å²) in [7, 11) is 0. The normalized spacial score (nSPS) is 43.7.